The van der Waals surface area contributed by atoms with Crippen molar-refractivity contribution in [3.63, 3.8) is 0 Å². The summed E-state index contributed by atoms with van der Waals surface area (Å²) in [5.74, 6) is -3.78. The molecule has 4 nitrogen and oxygen atoms in total. The average Bonchev–Trinajstić information content (AvgIpc) is 2.24. The van der Waals surface area contributed by atoms with Gasteiger partial charge in [-0.1, -0.05) is 0 Å². The van der Waals surface area contributed by atoms with Crippen molar-refractivity contribution in [2.75, 3.05) is 11.1 Å². The number of nitrogens with two attached hydrogens (primary N) is 1. The normalized spacial score (nSPS) is 10.4. The van der Waals surface area contributed by atoms with Gasteiger partial charge in [-0.05, 0) is 6.92 Å². The van der Waals surface area contributed by atoms with Gasteiger partial charge in [-0.2, -0.15) is 4.98 Å². The van der Waals surface area contributed by atoms with E-state index in [0.717, 1.165) is 12.1 Å². The molecule has 0 aliphatic heterocycles. The fourth-order valence-corrected chi connectivity index (χ4v) is 1.43. The number of nitrogens with zero attached hydrogens (tertiary/aromatic N) is 2. The van der Waals surface area contributed by atoms with E-state index in [4.69, 9.17) is 5.73 Å². The lowest BCUT2D eigenvalue weighted by molar-refractivity contribution is 0.448. The van der Waals surface area contributed by atoms with Gasteiger partial charge >= 0.3 is 0 Å². The quantitative estimate of drug-likeness (QED) is 0.808. The minimum absolute atomic E-state index is 0.0283. The molecule has 0 saturated carbocycles. The molecule has 0 spiro atoms. The number of nitrogens with one attached hydrogen (secondary N) is 1. The molecule has 0 radical (unpaired) electrons. The Morgan fingerprint density at radius 2 is 1.67 bits per heavy atom. The van der Waals surface area contributed by atoms with Crippen LogP contribution >= 0.6 is 0 Å². The standard InChI is InChI=1S/C11H9F3N4/c1-5-2-9(18-11(15)16-5)17-6-3-7(12)10(14)8(13)4-6/h2-4H,1H3,(H3,15,16,17,18). The largest absolute Gasteiger partial charge is 0.368 e. The first-order chi connectivity index (χ1) is 8.45. The highest BCUT2D eigenvalue weighted by Gasteiger charge is 2.11. The van der Waals surface area contributed by atoms with Gasteiger partial charge in [0.25, 0.3) is 0 Å². The second kappa shape index (κ2) is 4.52. The molecule has 94 valence electrons. The number of benzene rings is 1. The van der Waals surface area contributed by atoms with Crippen LogP contribution in [0, 0.1) is 24.4 Å². The number of anilines is 3. The molecule has 7 heteroatoms. The van der Waals surface area contributed by atoms with E-state index in [1.807, 2.05) is 0 Å². The third-order valence-corrected chi connectivity index (χ3v) is 2.13. The molecule has 0 fully saturated rings. The van der Waals surface area contributed by atoms with E-state index in [9.17, 15) is 13.2 Å². The topological polar surface area (TPSA) is 63.8 Å². The van der Waals surface area contributed by atoms with Crippen LogP contribution in [0.2, 0.25) is 0 Å². The molecule has 18 heavy (non-hydrogen) atoms. The van der Waals surface area contributed by atoms with Crippen LogP contribution in [0.4, 0.5) is 30.6 Å². The van der Waals surface area contributed by atoms with Crippen LogP contribution in [0.15, 0.2) is 18.2 Å². The smallest absolute Gasteiger partial charge is 0.222 e. The van der Waals surface area contributed by atoms with E-state index >= 15 is 0 Å². The zero-order chi connectivity index (χ0) is 13.3. The highest BCUT2D eigenvalue weighted by molar-refractivity contribution is 5.57. The number of nitrogen functional groups attached to an aromatic ring is 1. The van der Waals surface area contributed by atoms with Crippen LogP contribution in [0.5, 0.6) is 0 Å². The van der Waals surface area contributed by atoms with Gasteiger partial charge in [0, 0.05) is 29.6 Å². The number of halogens is 3. The second-order valence-corrected chi connectivity index (χ2v) is 3.63. The SMILES string of the molecule is Cc1cc(Nc2cc(F)c(F)c(F)c2)nc(N)n1. The van der Waals surface area contributed by atoms with Crippen LogP contribution in [0.1, 0.15) is 5.69 Å². The van der Waals surface area contributed by atoms with Crippen molar-refractivity contribution in [2.24, 2.45) is 0 Å². The third-order valence-electron chi connectivity index (χ3n) is 2.13. The van der Waals surface area contributed by atoms with Crippen molar-refractivity contribution in [1.82, 2.24) is 9.97 Å². The molecule has 3 N–H and O–H groups in total. The molecule has 2 rings (SSSR count). The van der Waals surface area contributed by atoms with Crippen LogP contribution in [0.3, 0.4) is 0 Å². The number of rotatable bonds is 2. The zero-order valence-electron chi connectivity index (χ0n) is 9.34. The van der Waals surface area contributed by atoms with E-state index in [1.165, 1.54) is 6.07 Å². The first kappa shape index (κ1) is 12.2. The van der Waals surface area contributed by atoms with Gasteiger partial charge in [-0.25, -0.2) is 18.2 Å². The Bertz CT molecular complexity index is 558. The summed E-state index contributed by atoms with van der Waals surface area (Å²) in [6.07, 6.45) is 0. The molecule has 0 unspecified atom stereocenters. The molecule has 1 heterocycles. The van der Waals surface area contributed by atoms with Gasteiger partial charge in [-0.15, -0.1) is 0 Å². The lowest BCUT2D eigenvalue weighted by Gasteiger charge is -2.07. The summed E-state index contributed by atoms with van der Waals surface area (Å²) in [5, 5.41) is 2.62. The maximum absolute atomic E-state index is 13.0. The van der Waals surface area contributed by atoms with Crippen molar-refractivity contribution in [1.29, 1.82) is 0 Å². The van der Waals surface area contributed by atoms with Gasteiger partial charge in [0.15, 0.2) is 17.5 Å². The molecule has 0 saturated heterocycles. The fourth-order valence-electron chi connectivity index (χ4n) is 1.43. The first-order valence-corrected chi connectivity index (χ1v) is 4.98. The van der Waals surface area contributed by atoms with Crippen molar-refractivity contribution < 1.29 is 13.2 Å². The van der Waals surface area contributed by atoms with Crippen LogP contribution in [0.25, 0.3) is 0 Å². The third kappa shape index (κ3) is 2.50. The molecule has 0 aliphatic rings. The second-order valence-electron chi connectivity index (χ2n) is 3.63. The number of aryl methyl sites for hydroxylation is 1. The molecule has 0 amide bonds. The molecule has 0 atom stereocenters. The Morgan fingerprint density at radius 3 is 2.22 bits per heavy atom. The fraction of sp³-hybridized carbons (Fsp3) is 0.0909. The lowest BCUT2D eigenvalue weighted by Crippen LogP contribution is -2.02. The maximum atomic E-state index is 13.0. The monoisotopic (exact) mass is 254 g/mol. The summed E-state index contributed by atoms with van der Waals surface area (Å²) < 4.78 is 38.7. The van der Waals surface area contributed by atoms with Crippen molar-refractivity contribution in [3.8, 4) is 0 Å². The number of hydrogen-bond donors (Lipinski definition) is 2. The minimum atomic E-state index is -1.51. The predicted molar refractivity (Wildman–Crippen MR) is 60.8 cm³/mol. The molecule has 0 aliphatic carbocycles. The Labute approximate surface area is 101 Å². The Kier molecular flexibility index (Phi) is 3.05. The number of hydrogen-bond acceptors (Lipinski definition) is 4. The summed E-state index contributed by atoms with van der Waals surface area (Å²) in [7, 11) is 0. The predicted octanol–water partition coefficient (Wildman–Crippen LogP) is 2.53. The Balaban J connectivity index is 2.34. The minimum Gasteiger partial charge on any atom is -0.368 e. The Hall–Kier alpha value is -2.31. The van der Waals surface area contributed by atoms with Crippen molar-refractivity contribution in [3.05, 3.63) is 41.3 Å². The summed E-state index contributed by atoms with van der Waals surface area (Å²) in [4.78, 5) is 7.67. The molecule has 1 aromatic carbocycles. The summed E-state index contributed by atoms with van der Waals surface area (Å²) in [6, 6.07) is 3.19. The maximum Gasteiger partial charge on any atom is 0.222 e. The van der Waals surface area contributed by atoms with Crippen LogP contribution < -0.4 is 11.1 Å². The first-order valence-electron chi connectivity index (χ1n) is 4.98. The average molecular weight is 254 g/mol. The summed E-state index contributed by atoms with van der Waals surface area (Å²) in [6.45, 7) is 1.69. The van der Waals surface area contributed by atoms with Gasteiger partial charge in [-0.3, -0.25) is 0 Å². The highest BCUT2D eigenvalue weighted by atomic mass is 19.2. The zero-order valence-corrected chi connectivity index (χ0v) is 9.34. The van der Waals surface area contributed by atoms with Crippen LogP contribution in [-0.2, 0) is 0 Å². The number of aromatic nitrogens is 2. The summed E-state index contributed by atoms with van der Waals surface area (Å²) >= 11 is 0. The molecule has 1 aromatic heterocycles. The van der Waals surface area contributed by atoms with Gasteiger partial charge in [0.05, 0.1) is 0 Å². The van der Waals surface area contributed by atoms with Gasteiger partial charge < -0.3 is 11.1 Å². The van der Waals surface area contributed by atoms with E-state index in [2.05, 4.69) is 15.3 Å². The van der Waals surface area contributed by atoms with Crippen molar-refractivity contribution in [2.45, 2.75) is 6.92 Å². The Morgan fingerprint density at radius 1 is 1.06 bits per heavy atom. The van der Waals surface area contributed by atoms with E-state index in [-0.39, 0.29) is 17.5 Å². The van der Waals surface area contributed by atoms with E-state index in [0.29, 0.717) is 5.69 Å². The van der Waals surface area contributed by atoms with Gasteiger partial charge in [0.2, 0.25) is 5.95 Å². The molecular weight excluding hydrogens is 245 g/mol. The molecule has 2 aromatic rings. The van der Waals surface area contributed by atoms with Crippen molar-refractivity contribution >= 4 is 17.5 Å². The van der Waals surface area contributed by atoms with Gasteiger partial charge in [0.1, 0.15) is 5.82 Å². The molecular formula is C11H9F3N4. The van der Waals surface area contributed by atoms with E-state index < -0.39 is 17.5 Å². The molecule has 0 bridgehead atoms. The van der Waals surface area contributed by atoms with E-state index in [1.54, 1.807) is 6.92 Å². The summed E-state index contributed by atoms with van der Waals surface area (Å²) in [5.41, 5.74) is 6.05. The van der Waals surface area contributed by atoms with Crippen LogP contribution in [-0.4, -0.2) is 9.97 Å². The lowest BCUT2D eigenvalue weighted by atomic mass is 10.3. The highest BCUT2D eigenvalue weighted by Crippen LogP contribution is 2.21.